The van der Waals surface area contributed by atoms with Crippen LogP contribution in [0, 0.1) is 0 Å². The zero-order chi connectivity index (χ0) is 32.6. The third-order valence-electron chi connectivity index (χ3n) is 7.07. The number of carbonyl (C=O) groups is 2. The van der Waals surface area contributed by atoms with E-state index in [1.807, 2.05) is 38.1 Å². The first kappa shape index (κ1) is 35.0. The van der Waals surface area contributed by atoms with Crippen LogP contribution in [0.2, 0.25) is 5.02 Å². The predicted octanol–water partition coefficient (Wildman–Crippen LogP) is 5.66. The Morgan fingerprint density at radius 1 is 0.909 bits per heavy atom. The molecular weight excluding hydrogens is 674 g/mol. The van der Waals surface area contributed by atoms with Crippen molar-refractivity contribution in [3.05, 3.63) is 75.7 Å². The summed E-state index contributed by atoms with van der Waals surface area (Å²) >= 11 is 9.72. The molecule has 1 N–H and O–H groups in total. The average molecular weight is 711 g/mol. The number of carbonyl (C=O) groups excluding carboxylic acids is 2. The van der Waals surface area contributed by atoms with Crippen LogP contribution in [0.3, 0.4) is 0 Å². The summed E-state index contributed by atoms with van der Waals surface area (Å²) in [4.78, 5) is 28.6. The molecule has 238 valence electrons. The van der Waals surface area contributed by atoms with Gasteiger partial charge in [0.1, 0.15) is 18.3 Å². The van der Waals surface area contributed by atoms with Gasteiger partial charge in [-0.1, -0.05) is 46.6 Å². The van der Waals surface area contributed by atoms with Gasteiger partial charge in [-0.3, -0.25) is 13.9 Å². The van der Waals surface area contributed by atoms with Crippen molar-refractivity contribution in [1.82, 2.24) is 10.2 Å². The van der Waals surface area contributed by atoms with Gasteiger partial charge in [0.15, 0.2) is 11.5 Å². The molecule has 3 aromatic rings. The quantitative estimate of drug-likeness (QED) is 0.230. The zero-order valence-corrected chi connectivity index (χ0v) is 28.6. The highest BCUT2D eigenvalue weighted by Gasteiger charge is 2.34. The van der Waals surface area contributed by atoms with E-state index in [9.17, 15) is 18.0 Å². The van der Waals surface area contributed by atoms with Crippen LogP contribution in [0.1, 0.15) is 32.8 Å². The Kier molecular flexibility index (Phi) is 12.3. The topological polar surface area (TPSA) is 114 Å². The lowest BCUT2D eigenvalue weighted by Crippen LogP contribution is -2.52. The summed E-state index contributed by atoms with van der Waals surface area (Å²) in [5.74, 6) is -0.292. The molecule has 13 heteroatoms. The number of benzene rings is 3. The largest absolute Gasteiger partial charge is 0.495 e. The SMILES string of the molecule is CC[C@@H](C)NC(=O)[C@H](C)N(Cc1ccc(Br)cc1)C(=O)CN(c1cc(Cl)ccc1OC)S(=O)(=O)c1ccc(OC)c(OC)c1. The van der Waals surface area contributed by atoms with Crippen LogP contribution in [0.5, 0.6) is 17.2 Å². The van der Waals surface area contributed by atoms with Crippen LogP contribution in [-0.2, 0) is 26.2 Å². The Hall–Kier alpha value is -3.48. The Morgan fingerprint density at radius 3 is 2.11 bits per heavy atom. The van der Waals surface area contributed by atoms with E-state index >= 15 is 0 Å². The van der Waals surface area contributed by atoms with Crippen LogP contribution >= 0.6 is 27.5 Å². The van der Waals surface area contributed by atoms with E-state index in [0.717, 1.165) is 14.3 Å². The van der Waals surface area contributed by atoms with Gasteiger partial charge in [0.05, 0.1) is 31.9 Å². The fraction of sp³-hybridized carbons (Fsp3) is 0.355. The number of nitrogens with one attached hydrogen (secondary N) is 1. The molecule has 0 heterocycles. The molecule has 0 aromatic heterocycles. The molecule has 2 atom stereocenters. The normalized spacial score (nSPS) is 12.5. The van der Waals surface area contributed by atoms with Crippen molar-refractivity contribution in [3.8, 4) is 17.2 Å². The number of hydrogen-bond donors (Lipinski definition) is 1. The third-order valence-corrected chi connectivity index (χ3v) is 9.59. The Bertz CT molecular complexity index is 1570. The fourth-order valence-corrected chi connectivity index (χ4v) is 6.17. The molecule has 3 rings (SSSR count). The molecule has 0 unspecified atom stereocenters. The lowest BCUT2D eigenvalue weighted by molar-refractivity contribution is -0.139. The first-order valence-corrected chi connectivity index (χ1v) is 16.4. The molecule has 44 heavy (non-hydrogen) atoms. The van der Waals surface area contributed by atoms with E-state index in [-0.39, 0.29) is 45.6 Å². The van der Waals surface area contributed by atoms with Crippen LogP contribution in [0.4, 0.5) is 5.69 Å². The van der Waals surface area contributed by atoms with E-state index in [1.54, 1.807) is 13.0 Å². The highest BCUT2D eigenvalue weighted by Crippen LogP contribution is 2.37. The molecule has 0 spiro atoms. The number of halogens is 2. The van der Waals surface area contributed by atoms with Gasteiger partial charge in [0, 0.05) is 28.1 Å². The first-order chi connectivity index (χ1) is 20.9. The fourth-order valence-electron chi connectivity index (χ4n) is 4.31. The van der Waals surface area contributed by atoms with Gasteiger partial charge >= 0.3 is 0 Å². The number of rotatable bonds is 14. The monoisotopic (exact) mass is 709 g/mol. The van der Waals surface area contributed by atoms with E-state index in [2.05, 4.69) is 21.2 Å². The van der Waals surface area contributed by atoms with E-state index in [0.29, 0.717) is 12.2 Å². The van der Waals surface area contributed by atoms with Gasteiger partial charge in [-0.05, 0) is 68.3 Å². The number of amides is 2. The lowest BCUT2D eigenvalue weighted by atomic mass is 10.1. The molecule has 0 aliphatic rings. The number of ether oxygens (including phenoxy) is 3. The summed E-state index contributed by atoms with van der Waals surface area (Å²) in [5.41, 5.74) is 0.794. The van der Waals surface area contributed by atoms with Gasteiger partial charge in [0.2, 0.25) is 11.8 Å². The molecule has 10 nitrogen and oxygen atoms in total. The van der Waals surface area contributed by atoms with Gasteiger partial charge in [-0.25, -0.2) is 8.42 Å². The standard InChI is InChI=1S/C31H37BrClN3O7S/c1-7-20(2)34-31(38)21(3)35(18-22-8-10-23(32)11-9-22)30(37)19-36(26-16-24(33)12-14-27(26)41-4)44(39,40)25-13-15-28(42-5)29(17-25)43-6/h8-17,20-21H,7,18-19H2,1-6H3,(H,34,38)/t20-,21+/m1/s1. The van der Waals surface area contributed by atoms with Gasteiger partial charge < -0.3 is 24.4 Å². The van der Waals surface area contributed by atoms with Crippen LogP contribution in [0.15, 0.2) is 70.0 Å². The van der Waals surface area contributed by atoms with E-state index in [4.69, 9.17) is 25.8 Å². The summed E-state index contributed by atoms with van der Waals surface area (Å²) in [6, 6.07) is 14.8. The number of methoxy groups -OCH3 is 3. The molecule has 0 fully saturated rings. The zero-order valence-electron chi connectivity index (χ0n) is 25.5. The maximum Gasteiger partial charge on any atom is 0.265 e. The number of sulfonamides is 1. The van der Waals surface area contributed by atoms with Crippen molar-refractivity contribution >= 4 is 55.1 Å². The molecular formula is C31H37BrClN3O7S. The summed E-state index contributed by atoms with van der Waals surface area (Å²) < 4.78 is 46.5. The summed E-state index contributed by atoms with van der Waals surface area (Å²) in [7, 11) is -0.219. The van der Waals surface area contributed by atoms with Gasteiger partial charge in [-0.15, -0.1) is 0 Å². The number of anilines is 1. The minimum atomic E-state index is -4.43. The minimum absolute atomic E-state index is 0.0448. The number of hydrogen-bond acceptors (Lipinski definition) is 7. The van der Waals surface area contributed by atoms with Crippen LogP contribution in [0.25, 0.3) is 0 Å². The molecule has 2 amide bonds. The molecule has 0 saturated carbocycles. The Balaban J connectivity index is 2.14. The van der Waals surface area contributed by atoms with E-state index < -0.39 is 28.5 Å². The summed E-state index contributed by atoms with van der Waals surface area (Å²) in [5, 5.41) is 3.14. The van der Waals surface area contributed by atoms with Gasteiger partial charge in [-0.2, -0.15) is 0 Å². The second kappa shape index (κ2) is 15.5. The average Bonchev–Trinajstić information content (AvgIpc) is 3.02. The smallest absolute Gasteiger partial charge is 0.265 e. The lowest BCUT2D eigenvalue weighted by Gasteiger charge is -2.33. The first-order valence-electron chi connectivity index (χ1n) is 13.8. The third kappa shape index (κ3) is 8.36. The molecule has 3 aromatic carbocycles. The van der Waals surface area contributed by atoms with Crippen LogP contribution in [-0.4, -0.2) is 65.1 Å². The highest BCUT2D eigenvalue weighted by atomic mass is 79.9. The van der Waals surface area contributed by atoms with Crippen molar-refractivity contribution in [3.63, 3.8) is 0 Å². The van der Waals surface area contributed by atoms with Crippen molar-refractivity contribution < 1.29 is 32.2 Å². The molecule has 0 radical (unpaired) electrons. The van der Waals surface area contributed by atoms with Crippen molar-refractivity contribution in [2.75, 3.05) is 32.2 Å². The predicted molar refractivity (Wildman–Crippen MR) is 174 cm³/mol. The van der Waals surface area contributed by atoms with Gasteiger partial charge in [0.25, 0.3) is 10.0 Å². The minimum Gasteiger partial charge on any atom is -0.495 e. The maximum absolute atomic E-state index is 14.3. The molecule has 0 aliphatic heterocycles. The molecule has 0 bridgehead atoms. The van der Waals surface area contributed by atoms with Crippen molar-refractivity contribution in [1.29, 1.82) is 0 Å². The number of nitrogens with zero attached hydrogens (tertiary/aromatic N) is 2. The Labute approximate surface area is 272 Å². The summed E-state index contributed by atoms with van der Waals surface area (Å²) in [6.45, 7) is 4.81. The summed E-state index contributed by atoms with van der Waals surface area (Å²) in [6.07, 6.45) is 0.699. The molecule has 0 saturated heterocycles. The van der Waals surface area contributed by atoms with Crippen LogP contribution < -0.4 is 23.8 Å². The van der Waals surface area contributed by atoms with Crippen molar-refractivity contribution in [2.24, 2.45) is 0 Å². The Morgan fingerprint density at radius 2 is 1.52 bits per heavy atom. The highest BCUT2D eigenvalue weighted by molar-refractivity contribution is 9.10. The maximum atomic E-state index is 14.3. The van der Waals surface area contributed by atoms with E-state index in [1.165, 1.54) is 56.6 Å². The van der Waals surface area contributed by atoms with Crippen molar-refractivity contribution in [2.45, 2.75) is 50.7 Å². The second-order valence-corrected chi connectivity index (χ2v) is 13.2. The second-order valence-electron chi connectivity index (χ2n) is 9.99. The molecule has 0 aliphatic carbocycles.